The van der Waals surface area contributed by atoms with Crippen LogP contribution in [0.15, 0.2) is 23.3 Å². The molecule has 27 heavy (non-hydrogen) atoms. The average molecular weight is 401 g/mol. The van der Waals surface area contributed by atoms with Crippen molar-refractivity contribution in [3.05, 3.63) is 24.1 Å². The number of aromatic nitrogens is 1. The highest BCUT2D eigenvalue weighted by Crippen LogP contribution is 2.20. The van der Waals surface area contributed by atoms with Crippen LogP contribution in [-0.2, 0) is 10.0 Å². The minimum Gasteiger partial charge on any atom is -0.357 e. The van der Waals surface area contributed by atoms with Crippen LogP contribution in [0, 0.1) is 5.82 Å². The summed E-state index contributed by atoms with van der Waals surface area (Å²) in [5.41, 5.74) is -0.700. The fraction of sp³-hybridized carbons (Fsp3) is 0.647. The second-order valence-corrected chi connectivity index (χ2v) is 9.09. The Bertz CT molecular complexity index is 768. The van der Waals surface area contributed by atoms with Crippen molar-refractivity contribution in [1.82, 2.24) is 20.3 Å². The van der Waals surface area contributed by atoms with Crippen molar-refractivity contribution < 1.29 is 12.8 Å². The third kappa shape index (κ3) is 6.94. The molecular weight excluding hydrogens is 371 g/mol. The minimum atomic E-state index is -3.32. The first-order chi connectivity index (χ1) is 12.6. The fourth-order valence-electron chi connectivity index (χ4n) is 3.00. The lowest BCUT2D eigenvalue weighted by Crippen LogP contribution is -2.48. The normalized spacial score (nSPS) is 18.6. The van der Waals surface area contributed by atoms with E-state index in [0.717, 1.165) is 12.7 Å². The molecule has 0 aliphatic carbocycles. The SMILES string of the molecule is CCNC(=NCC(C)(C)NS(C)(=O)=O)NC1CCN(c2ncccc2F)C1. The number of hydrogen-bond acceptors (Lipinski definition) is 5. The Morgan fingerprint density at radius 3 is 2.85 bits per heavy atom. The number of pyridine rings is 1. The Morgan fingerprint density at radius 1 is 1.48 bits per heavy atom. The molecule has 3 N–H and O–H groups in total. The van der Waals surface area contributed by atoms with E-state index < -0.39 is 15.6 Å². The van der Waals surface area contributed by atoms with Gasteiger partial charge < -0.3 is 15.5 Å². The number of rotatable bonds is 7. The van der Waals surface area contributed by atoms with Gasteiger partial charge in [-0.2, -0.15) is 0 Å². The van der Waals surface area contributed by atoms with Gasteiger partial charge in [0.2, 0.25) is 10.0 Å². The van der Waals surface area contributed by atoms with Crippen LogP contribution in [0.3, 0.4) is 0 Å². The molecule has 1 aliphatic rings. The van der Waals surface area contributed by atoms with Crippen LogP contribution in [0.1, 0.15) is 27.2 Å². The molecule has 1 unspecified atom stereocenters. The summed E-state index contributed by atoms with van der Waals surface area (Å²) in [4.78, 5) is 10.5. The highest BCUT2D eigenvalue weighted by Gasteiger charge is 2.26. The average Bonchev–Trinajstić information content (AvgIpc) is 2.99. The molecule has 1 saturated heterocycles. The van der Waals surface area contributed by atoms with E-state index in [4.69, 9.17) is 0 Å². The van der Waals surface area contributed by atoms with Gasteiger partial charge in [0.25, 0.3) is 0 Å². The summed E-state index contributed by atoms with van der Waals surface area (Å²) < 4.78 is 39.4. The van der Waals surface area contributed by atoms with E-state index in [1.165, 1.54) is 6.07 Å². The van der Waals surface area contributed by atoms with Crippen molar-refractivity contribution in [3.8, 4) is 0 Å². The van der Waals surface area contributed by atoms with Crippen molar-refractivity contribution in [2.24, 2.45) is 4.99 Å². The zero-order valence-corrected chi connectivity index (χ0v) is 17.1. The predicted molar refractivity (Wildman–Crippen MR) is 106 cm³/mol. The third-order valence-electron chi connectivity index (χ3n) is 4.01. The number of nitrogens with one attached hydrogen (secondary N) is 3. The van der Waals surface area contributed by atoms with Crippen LogP contribution in [-0.4, -0.2) is 63.4 Å². The first kappa shape index (κ1) is 21.4. The van der Waals surface area contributed by atoms with Crippen LogP contribution in [0.4, 0.5) is 10.2 Å². The van der Waals surface area contributed by atoms with E-state index in [-0.39, 0.29) is 18.4 Å². The van der Waals surface area contributed by atoms with Gasteiger partial charge in [-0.05, 0) is 39.3 Å². The third-order valence-corrected chi connectivity index (χ3v) is 4.93. The summed E-state index contributed by atoms with van der Waals surface area (Å²) in [6.07, 6.45) is 3.54. The molecule has 0 radical (unpaired) electrons. The molecule has 10 heteroatoms. The van der Waals surface area contributed by atoms with E-state index in [9.17, 15) is 12.8 Å². The fourth-order valence-corrected chi connectivity index (χ4v) is 4.07. The van der Waals surface area contributed by atoms with E-state index in [2.05, 4.69) is 25.3 Å². The maximum absolute atomic E-state index is 13.9. The van der Waals surface area contributed by atoms with E-state index in [1.54, 1.807) is 26.1 Å². The van der Waals surface area contributed by atoms with Gasteiger partial charge in [0, 0.05) is 37.4 Å². The Kier molecular flexibility index (Phi) is 6.99. The maximum atomic E-state index is 13.9. The minimum absolute atomic E-state index is 0.0928. The predicted octanol–water partition coefficient (Wildman–Crippen LogP) is 0.682. The first-order valence-corrected chi connectivity index (χ1v) is 10.9. The summed E-state index contributed by atoms with van der Waals surface area (Å²) in [7, 11) is -3.32. The van der Waals surface area contributed by atoms with Crippen molar-refractivity contribution in [3.63, 3.8) is 0 Å². The topological polar surface area (TPSA) is 98.7 Å². The molecule has 8 nitrogen and oxygen atoms in total. The molecule has 1 atom stereocenters. The van der Waals surface area contributed by atoms with Gasteiger partial charge in [0.15, 0.2) is 17.6 Å². The van der Waals surface area contributed by atoms with Gasteiger partial charge in [0.05, 0.1) is 12.8 Å². The monoisotopic (exact) mass is 400 g/mol. The highest BCUT2D eigenvalue weighted by atomic mass is 32.2. The lowest BCUT2D eigenvalue weighted by Gasteiger charge is -2.24. The number of hydrogen-bond donors (Lipinski definition) is 3. The quantitative estimate of drug-likeness (QED) is 0.460. The van der Waals surface area contributed by atoms with Crippen LogP contribution in [0.25, 0.3) is 0 Å². The van der Waals surface area contributed by atoms with Gasteiger partial charge in [-0.3, -0.25) is 4.99 Å². The van der Waals surface area contributed by atoms with Crippen LogP contribution >= 0.6 is 0 Å². The molecule has 152 valence electrons. The van der Waals surface area contributed by atoms with Gasteiger partial charge in [0.1, 0.15) is 0 Å². The number of anilines is 1. The Labute approximate surface area is 160 Å². The highest BCUT2D eigenvalue weighted by molar-refractivity contribution is 7.88. The van der Waals surface area contributed by atoms with E-state index in [0.29, 0.717) is 31.4 Å². The standard InChI is InChI=1S/C17H29FN6O2S/c1-5-19-16(21-12-17(2,3)23-27(4,25)26)22-13-8-10-24(11-13)15-14(18)7-6-9-20-15/h6-7,9,13,23H,5,8,10-12H2,1-4H3,(H2,19,21,22). The molecule has 2 heterocycles. The molecule has 0 bridgehead atoms. The molecule has 1 aliphatic heterocycles. The van der Waals surface area contributed by atoms with Gasteiger partial charge in [-0.15, -0.1) is 0 Å². The smallest absolute Gasteiger partial charge is 0.209 e. The van der Waals surface area contributed by atoms with Gasteiger partial charge >= 0.3 is 0 Å². The lowest BCUT2D eigenvalue weighted by molar-refractivity contribution is 0.464. The van der Waals surface area contributed by atoms with Gasteiger partial charge in [-0.1, -0.05) is 0 Å². The lowest BCUT2D eigenvalue weighted by atomic mass is 10.1. The molecule has 1 aromatic heterocycles. The molecule has 2 rings (SSSR count). The molecule has 0 aromatic carbocycles. The first-order valence-electron chi connectivity index (χ1n) is 8.99. The van der Waals surface area contributed by atoms with E-state index in [1.807, 2.05) is 11.8 Å². The zero-order chi connectivity index (χ0) is 20.1. The summed E-state index contributed by atoms with van der Waals surface area (Å²) >= 11 is 0. The Hall–Kier alpha value is -1.94. The second-order valence-electron chi connectivity index (χ2n) is 7.34. The van der Waals surface area contributed by atoms with Crippen molar-refractivity contribution in [1.29, 1.82) is 0 Å². The Balaban J connectivity index is 1.99. The summed E-state index contributed by atoms with van der Waals surface area (Å²) in [5.74, 6) is 0.642. The summed E-state index contributed by atoms with van der Waals surface area (Å²) in [6, 6.07) is 3.08. The number of nitrogens with zero attached hydrogens (tertiary/aromatic N) is 3. The van der Waals surface area contributed by atoms with Crippen molar-refractivity contribution in [2.75, 3.05) is 37.3 Å². The molecule has 1 fully saturated rings. The van der Waals surface area contributed by atoms with Crippen LogP contribution in [0.5, 0.6) is 0 Å². The molecule has 1 aromatic rings. The molecule has 0 saturated carbocycles. The second kappa shape index (κ2) is 8.83. The zero-order valence-electron chi connectivity index (χ0n) is 16.3. The van der Waals surface area contributed by atoms with Crippen molar-refractivity contribution >= 4 is 21.8 Å². The summed E-state index contributed by atoms with van der Waals surface area (Å²) in [6.45, 7) is 7.79. The maximum Gasteiger partial charge on any atom is 0.209 e. The number of sulfonamides is 1. The number of aliphatic imine (C=N–C) groups is 1. The van der Waals surface area contributed by atoms with Gasteiger partial charge in [-0.25, -0.2) is 22.5 Å². The Morgan fingerprint density at radius 2 is 2.22 bits per heavy atom. The molecular formula is C17H29FN6O2S. The largest absolute Gasteiger partial charge is 0.357 e. The molecule has 0 spiro atoms. The van der Waals surface area contributed by atoms with Crippen molar-refractivity contribution in [2.45, 2.75) is 38.8 Å². The van der Waals surface area contributed by atoms with Crippen LogP contribution < -0.4 is 20.3 Å². The number of halogens is 1. The number of guanidine groups is 1. The van der Waals surface area contributed by atoms with E-state index >= 15 is 0 Å². The summed E-state index contributed by atoms with van der Waals surface area (Å²) in [5, 5.41) is 6.51. The molecule has 0 amide bonds. The van der Waals surface area contributed by atoms with Crippen LogP contribution in [0.2, 0.25) is 0 Å².